The number of rotatable bonds is 4. The van der Waals surface area contributed by atoms with Gasteiger partial charge in [0.2, 0.25) is 5.91 Å². The van der Waals surface area contributed by atoms with Crippen LogP contribution >= 0.6 is 0 Å². The number of carbonyl (C=O) groups excluding carboxylic acids is 1. The Balaban J connectivity index is 1.47. The molecule has 1 amide bonds. The molecule has 3 aliphatic heterocycles. The molecule has 0 aromatic heterocycles. The van der Waals surface area contributed by atoms with Gasteiger partial charge in [-0.1, -0.05) is 37.6 Å². The molecule has 0 unspecified atom stereocenters. The van der Waals surface area contributed by atoms with E-state index in [-0.39, 0.29) is 0 Å². The summed E-state index contributed by atoms with van der Waals surface area (Å²) in [5, 5.41) is 0. The van der Waals surface area contributed by atoms with Crippen LogP contribution < -0.4 is 0 Å². The van der Waals surface area contributed by atoms with Crippen molar-refractivity contribution >= 4 is 5.91 Å². The van der Waals surface area contributed by atoms with Crippen LogP contribution in [0.2, 0.25) is 0 Å². The van der Waals surface area contributed by atoms with Gasteiger partial charge in [-0.15, -0.1) is 0 Å². The predicted octanol–water partition coefficient (Wildman–Crippen LogP) is 3.47. The van der Waals surface area contributed by atoms with E-state index in [1.165, 1.54) is 30.4 Å². The second-order valence-corrected chi connectivity index (χ2v) is 8.02. The zero-order chi connectivity index (χ0) is 16.5. The van der Waals surface area contributed by atoms with Crippen LogP contribution in [0.1, 0.15) is 50.2 Å². The summed E-state index contributed by atoms with van der Waals surface area (Å²) < 4.78 is 0. The fourth-order valence-corrected chi connectivity index (χ4v) is 4.74. The van der Waals surface area contributed by atoms with Crippen molar-refractivity contribution in [2.75, 3.05) is 19.6 Å². The monoisotopic (exact) mass is 326 g/mol. The lowest BCUT2D eigenvalue weighted by molar-refractivity contribution is -0.138. The predicted molar refractivity (Wildman–Crippen MR) is 96.7 cm³/mol. The van der Waals surface area contributed by atoms with Crippen LogP contribution in [0.3, 0.4) is 0 Å². The summed E-state index contributed by atoms with van der Waals surface area (Å²) in [6.45, 7) is 6.41. The summed E-state index contributed by atoms with van der Waals surface area (Å²) in [4.78, 5) is 17.6. The topological polar surface area (TPSA) is 23.6 Å². The standard InChI is InChI=1S/C21H30N2O/c1-2-17-6-3-4-7-19(17)14-22-12-16-10-11-20(22)15-23(13-16)21(24)18-8-5-9-18/h3-4,6-7,16,18,20H,2,5,8-15H2,1H3/t16-,20-/m1/s1. The molecule has 0 radical (unpaired) electrons. The molecule has 0 spiro atoms. The van der Waals surface area contributed by atoms with E-state index in [1.54, 1.807) is 0 Å². The summed E-state index contributed by atoms with van der Waals surface area (Å²) in [5.41, 5.74) is 2.95. The van der Waals surface area contributed by atoms with Gasteiger partial charge in [0.15, 0.2) is 0 Å². The van der Waals surface area contributed by atoms with Gasteiger partial charge in [0.25, 0.3) is 0 Å². The Morgan fingerprint density at radius 1 is 1.04 bits per heavy atom. The van der Waals surface area contributed by atoms with E-state index < -0.39 is 0 Å². The SMILES string of the molecule is CCc1ccccc1CN1C[C@H]2CC[C@@H]1CN(C(=O)C1CCC1)C2. The molecule has 4 aliphatic rings. The van der Waals surface area contributed by atoms with Crippen molar-refractivity contribution in [2.45, 2.75) is 58.0 Å². The minimum absolute atomic E-state index is 0.344. The van der Waals surface area contributed by atoms with E-state index in [2.05, 4.69) is 41.0 Å². The van der Waals surface area contributed by atoms with Gasteiger partial charge in [-0.3, -0.25) is 9.69 Å². The maximum atomic E-state index is 12.7. The average Bonchev–Trinajstić information content (AvgIpc) is 2.85. The molecule has 2 bridgehead atoms. The molecule has 0 N–H and O–H groups in total. The lowest BCUT2D eigenvalue weighted by Crippen LogP contribution is -2.45. The quantitative estimate of drug-likeness (QED) is 0.846. The molecular formula is C21H30N2O. The number of carbonyl (C=O) groups is 1. The van der Waals surface area contributed by atoms with Gasteiger partial charge < -0.3 is 4.90 Å². The Morgan fingerprint density at radius 2 is 1.83 bits per heavy atom. The lowest BCUT2D eigenvalue weighted by Gasteiger charge is -2.36. The minimum Gasteiger partial charge on any atom is -0.341 e. The van der Waals surface area contributed by atoms with Gasteiger partial charge in [0.05, 0.1) is 0 Å². The first-order valence-corrected chi connectivity index (χ1v) is 9.84. The summed E-state index contributed by atoms with van der Waals surface area (Å²) in [7, 11) is 0. The molecule has 24 heavy (non-hydrogen) atoms. The Kier molecular flexibility index (Phi) is 4.62. The lowest BCUT2D eigenvalue weighted by atomic mass is 9.84. The maximum absolute atomic E-state index is 12.7. The molecule has 2 atom stereocenters. The molecular weight excluding hydrogens is 296 g/mol. The van der Waals surface area contributed by atoms with Gasteiger partial charge in [0.1, 0.15) is 0 Å². The molecule has 130 valence electrons. The molecule has 3 heterocycles. The van der Waals surface area contributed by atoms with E-state index in [4.69, 9.17) is 0 Å². The van der Waals surface area contributed by atoms with Gasteiger partial charge in [-0.05, 0) is 49.1 Å². The Labute approximate surface area is 146 Å². The molecule has 1 aliphatic carbocycles. The molecule has 4 fully saturated rings. The van der Waals surface area contributed by atoms with Gasteiger partial charge >= 0.3 is 0 Å². The average molecular weight is 326 g/mol. The number of benzene rings is 1. The normalized spacial score (nSPS) is 27.8. The van der Waals surface area contributed by atoms with Crippen molar-refractivity contribution < 1.29 is 4.79 Å². The van der Waals surface area contributed by atoms with Crippen LogP contribution in [0.5, 0.6) is 0 Å². The summed E-state index contributed by atoms with van der Waals surface area (Å²) in [5.74, 6) is 1.47. The highest BCUT2D eigenvalue weighted by atomic mass is 16.2. The van der Waals surface area contributed by atoms with Crippen LogP contribution in [0.15, 0.2) is 24.3 Å². The molecule has 3 saturated heterocycles. The van der Waals surface area contributed by atoms with Crippen LogP contribution in [0.4, 0.5) is 0 Å². The third kappa shape index (κ3) is 3.11. The number of piperidine rings is 1. The van der Waals surface area contributed by atoms with Crippen molar-refractivity contribution in [3.63, 3.8) is 0 Å². The molecule has 5 rings (SSSR count). The fraction of sp³-hybridized carbons (Fsp3) is 0.667. The third-order valence-electron chi connectivity index (χ3n) is 6.47. The second-order valence-electron chi connectivity index (χ2n) is 8.02. The highest BCUT2D eigenvalue weighted by Gasteiger charge is 2.39. The zero-order valence-electron chi connectivity index (χ0n) is 14.9. The van der Waals surface area contributed by atoms with E-state index in [9.17, 15) is 4.79 Å². The number of hydrogen-bond acceptors (Lipinski definition) is 2. The smallest absolute Gasteiger partial charge is 0.225 e. The first kappa shape index (κ1) is 16.1. The van der Waals surface area contributed by atoms with Crippen LogP contribution in [-0.2, 0) is 17.8 Å². The first-order valence-electron chi connectivity index (χ1n) is 9.84. The van der Waals surface area contributed by atoms with Crippen molar-refractivity contribution in [3.8, 4) is 0 Å². The van der Waals surface area contributed by atoms with E-state index in [0.29, 0.717) is 23.8 Å². The Bertz CT molecular complexity index is 595. The van der Waals surface area contributed by atoms with Crippen molar-refractivity contribution in [3.05, 3.63) is 35.4 Å². The number of nitrogens with zero attached hydrogens (tertiary/aromatic N) is 2. The third-order valence-corrected chi connectivity index (χ3v) is 6.47. The summed E-state index contributed by atoms with van der Waals surface area (Å²) in [6, 6.07) is 9.41. The number of amides is 1. The van der Waals surface area contributed by atoms with Crippen LogP contribution in [0.25, 0.3) is 0 Å². The molecule has 3 heteroatoms. The highest BCUT2D eigenvalue weighted by molar-refractivity contribution is 5.79. The fourth-order valence-electron chi connectivity index (χ4n) is 4.74. The highest BCUT2D eigenvalue weighted by Crippen LogP contribution is 2.33. The van der Waals surface area contributed by atoms with Crippen LogP contribution in [-0.4, -0.2) is 41.4 Å². The van der Waals surface area contributed by atoms with Gasteiger partial charge in [-0.2, -0.15) is 0 Å². The zero-order valence-corrected chi connectivity index (χ0v) is 14.9. The van der Waals surface area contributed by atoms with Crippen molar-refractivity contribution in [1.82, 2.24) is 9.80 Å². The van der Waals surface area contributed by atoms with Crippen molar-refractivity contribution in [1.29, 1.82) is 0 Å². The van der Waals surface area contributed by atoms with Crippen molar-refractivity contribution in [2.24, 2.45) is 11.8 Å². The van der Waals surface area contributed by atoms with Crippen LogP contribution in [0, 0.1) is 11.8 Å². The minimum atomic E-state index is 0.344. The number of hydrogen-bond donors (Lipinski definition) is 0. The first-order chi connectivity index (χ1) is 11.7. The molecule has 3 nitrogen and oxygen atoms in total. The Hall–Kier alpha value is -1.35. The van der Waals surface area contributed by atoms with E-state index in [1.807, 2.05) is 0 Å². The largest absolute Gasteiger partial charge is 0.341 e. The maximum Gasteiger partial charge on any atom is 0.225 e. The second kappa shape index (κ2) is 6.87. The summed E-state index contributed by atoms with van der Waals surface area (Å²) >= 11 is 0. The molecule has 1 saturated carbocycles. The van der Waals surface area contributed by atoms with Gasteiger partial charge in [0, 0.05) is 38.1 Å². The number of aryl methyl sites for hydroxylation is 1. The van der Waals surface area contributed by atoms with E-state index >= 15 is 0 Å². The molecule has 1 aromatic carbocycles. The van der Waals surface area contributed by atoms with Gasteiger partial charge in [-0.25, -0.2) is 0 Å². The molecule has 1 aromatic rings. The summed E-state index contributed by atoms with van der Waals surface area (Å²) in [6.07, 6.45) is 7.15. The van der Waals surface area contributed by atoms with E-state index in [0.717, 1.165) is 45.4 Å². The Morgan fingerprint density at radius 3 is 2.54 bits per heavy atom. The number of fused-ring (bicyclic) bond motifs is 4.